The van der Waals surface area contributed by atoms with Crippen LogP contribution < -0.4 is 10.2 Å². The molecule has 0 saturated carbocycles. The molecular weight excluding hydrogens is 276 g/mol. The number of anilines is 1. The number of carbonyl (C=O) groups excluding carboxylic acids is 2. The number of aryl methyl sites for hydroxylation is 1. The maximum Gasteiger partial charge on any atom is 0.244 e. The molecule has 3 rings (SSSR count). The summed E-state index contributed by atoms with van der Waals surface area (Å²) in [5, 5.41) is 2.74. The highest BCUT2D eigenvalue weighted by atomic mass is 16.2. The van der Waals surface area contributed by atoms with Gasteiger partial charge in [-0.15, -0.1) is 0 Å². The van der Waals surface area contributed by atoms with Crippen LogP contribution in [0, 0.1) is 6.92 Å². The highest BCUT2D eigenvalue weighted by molar-refractivity contribution is 6.01. The van der Waals surface area contributed by atoms with Gasteiger partial charge in [-0.2, -0.15) is 0 Å². The van der Waals surface area contributed by atoms with E-state index in [1.165, 1.54) is 0 Å². The van der Waals surface area contributed by atoms with E-state index in [1.54, 1.807) is 12.1 Å². The predicted molar refractivity (Wildman–Crippen MR) is 86.1 cm³/mol. The summed E-state index contributed by atoms with van der Waals surface area (Å²) in [5.74, 6) is -0.0100. The summed E-state index contributed by atoms with van der Waals surface area (Å²) in [6.45, 7) is 2.78. The number of amides is 1. The lowest BCUT2D eigenvalue weighted by atomic mass is 10.0. The molecule has 1 N–H and O–H groups in total. The van der Waals surface area contributed by atoms with Crippen molar-refractivity contribution >= 4 is 17.4 Å². The Balaban J connectivity index is 1.86. The van der Waals surface area contributed by atoms with Gasteiger partial charge < -0.3 is 10.2 Å². The van der Waals surface area contributed by atoms with E-state index in [2.05, 4.69) is 5.32 Å². The largest absolute Gasteiger partial charge is 0.352 e. The second-order valence-electron chi connectivity index (χ2n) is 5.52. The van der Waals surface area contributed by atoms with Crippen LogP contribution in [0.5, 0.6) is 0 Å². The molecule has 4 nitrogen and oxygen atoms in total. The fourth-order valence-corrected chi connectivity index (χ4v) is 2.59. The molecule has 112 valence electrons. The van der Waals surface area contributed by atoms with Crippen molar-refractivity contribution < 1.29 is 9.59 Å². The normalized spacial score (nSPS) is 16.6. The van der Waals surface area contributed by atoms with Gasteiger partial charge in [0.1, 0.15) is 6.04 Å². The van der Waals surface area contributed by atoms with Gasteiger partial charge in [0.25, 0.3) is 0 Å². The molecular formula is C18H18N2O2. The Hall–Kier alpha value is -2.62. The van der Waals surface area contributed by atoms with Gasteiger partial charge in [-0.25, -0.2) is 0 Å². The third kappa shape index (κ3) is 2.86. The third-order valence-corrected chi connectivity index (χ3v) is 3.89. The van der Waals surface area contributed by atoms with Gasteiger partial charge in [0.2, 0.25) is 5.91 Å². The Bertz CT molecular complexity index is 697. The molecule has 2 aromatic rings. The van der Waals surface area contributed by atoms with Crippen LogP contribution in [0.15, 0.2) is 54.6 Å². The number of rotatable bonds is 5. The predicted octanol–water partition coefficient (Wildman–Crippen LogP) is 2.18. The average Bonchev–Trinajstić information content (AvgIpc) is 2.53. The molecule has 0 spiro atoms. The van der Waals surface area contributed by atoms with Gasteiger partial charge in [0, 0.05) is 17.8 Å². The molecule has 1 amide bonds. The van der Waals surface area contributed by atoms with E-state index >= 15 is 0 Å². The van der Waals surface area contributed by atoms with Crippen molar-refractivity contribution in [3.05, 3.63) is 65.7 Å². The summed E-state index contributed by atoms with van der Waals surface area (Å²) in [4.78, 5) is 26.2. The molecule has 0 radical (unpaired) electrons. The summed E-state index contributed by atoms with van der Waals surface area (Å²) >= 11 is 0. The number of ketones is 1. The first-order valence-electron chi connectivity index (χ1n) is 7.34. The van der Waals surface area contributed by atoms with Crippen LogP contribution in [-0.4, -0.2) is 30.8 Å². The number of hydrogen-bond donors (Lipinski definition) is 1. The zero-order chi connectivity index (χ0) is 15.5. The molecule has 1 heterocycles. The summed E-state index contributed by atoms with van der Waals surface area (Å²) in [6, 6.07) is 16.8. The zero-order valence-corrected chi connectivity index (χ0v) is 12.5. The molecule has 1 unspecified atom stereocenters. The fourth-order valence-electron chi connectivity index (χ4n) is 2.59. The zero-order valence-electron chi connectivity index (χ0n) is 12.5. The topological polar surface area (TPSA) is 49.4 Å². The van der Waals surface area contributed by atoms with E-state index in [4.69, 9.17) is 0 Å². The number of benzene rings is 2. The average molecular weight is 294 g/mol. The smallest absolute Gasteiger partial charge is 0.244 e. The van der Waals surface area contributed by atoms with Crippen molar-refractivity contribution in [3.8, 4) is 0 Å². The number of nitrogens with one attached hydrogen (secondary N) is 1. The standard InChI is InChI=1S/C18H18N2O2/c1-13-6-5-9-15(10-13)20(16-11-19-18(16)22)12-17(21)14-7-3-2-4-8-14/h2-10,16H,11-12H2,1H3,(H,19,22). The Morgan fingerprint density at radius 2 is 1.95 bits per heavy atom. The molecule has 0 aliphatic carbocycles. The minimum atomic E-state index is -0.269. The fraction of sp³-hybridized carbons (Fsp3) is 0.222. The van der Waals surface area contributed by atoms with Gasteiger partial charge in [-0.1, -0.05) is 42.5 Å². The molecule has 4 heteroatoms. The van der Waals surface area contributed by atoms with Gasteiger partial charge in [0.05, 0.1) is 6.54 Å². The van der Waals surface area contributed by atoms with Gasteiger partial charge >= 0.3 is 0 Å². The molecule has 1 atom stereocenters. The highest BCUT2D eigenvalue weighted by Gasteiger charge is 2.34. The monoisotopic (exact) mass is 294 g/mol. The first-order chi connectivity index (χ1) is 10.6. The number of carbonyl (C=O) groups is 2. The lowest BCUT2D eigenvalue weighted by molar-refractivity contribution is -0.127. The SMILES string of the molecule is Cc1cccc(N(CC(=O)c2ccccc2)C2CNC2=O)c1. The molecule has 0 bridgehead atoms. The Kier molecular flexibility index (Phi) is 3.92. The van der Waals surface area contributed by atoms with Crippen LogP contribution in [0.2, 0.25) is 0 Å². The van der Waals surface area contributed by atoms with Crippen molar-refractivity contribution in [3.63, 3.8) is 0 Å². The van der Waals surface area contributed by atoms with Crippen LogP contribution in [0.25, 0.3) is 0 Å². The minimum Gasteiger partial charge on any atom is -0.352 e. The van der Waals surface area contributed by atoms with E-state index in [1.807, 2.05) is 54.3 Å². The maximum absolute atomic E-state index is 12.5. The number of nitrogens with zero attached hydrogens (tertiary/aromatic N) is 1. The van der Waals surface area contributed by atoms with E-state index in [0.29, 0.717) is 12.1 Å². The minimum absolute atomic E-state index is 0.0156. The van der Waals surface area contributed by atoms with Crippen molar-refractivity contribution in [1.29, 1.82) is 0 Å². The Labute approximate surface area is 129 Å². The highest BCUT2D eigenvalue weighted by Crippen LogP contribution is 2.21. The third-order valence-electron chi connectivity index (χ3n) is 3.89. The molecule has 1 aliphatic rings. The lowest BCUT2D eigenvalue weighted by Gasteiger charge is -2.38. The van der Waals surface area contributed by atoms with Crippen molar-refractivity contribution in [2.24, 2.45) is 0 Å². The molecule has 1 aliphatic heterocycles. The number of β-lactam (4-membered cyclic amide) rings is 1. The first kappa shape index (κ1) is 14.3. The number of hydrogen-bond acceptors (Lipinski definition) is 3. The summed E-state index contributed by atoms with van der Waals surface area (Å²) in [5.41, 5.74) is 2.68. The molecule has 1 saturated heterocycles. The quantitative estimate of drug-likeness (QED) is 0.679. The molecule has 0 aromatic heterocycles. The number of Topliss-reactive ketones (excluding diaryl/α,β-unsaturated/α-hetero) is 1. The Morgan fingerprint density at radius 3 is 2.55 bits per heavy atom. The van der Waals surface area contributed by atoms with E-state index in [0.717, 1.165) is 11.3 Å². The first-order valence-corrected chi connectivity index (χ1v) is 7.34. The van der Waals surface area contributed by atoms with Crippen molar-refractivity contribution in [1.82, 2.24) is 5.32 Å². The summed E-state index contributed by atoms with van der Waals surface area (Å²) < 4.78 is 0. The Morgan fingerprint density at radius 1 is 1.18 bits per heavy atom. The second-order valence-corrected chi connectivity index (χ2v) is 5.52. The van der Waals surface area contributed by atoms with Crippen molar-refractivity contribution in [2.45, 2.75) is 13.0 Å². The summed E-state index contributed by atoms with van der Waals surface area (Å²) in [7, 11) is 0. The van der Waals surface area contributed by atoms with Gasteiger partial charge in [0.15, 0.2) is 5.78 Å². The van der Waals surface area contributed by atoms with Crippen LogP contribution in [-0.2, 0) is 4.79 Å². The lowest BCUT2D eigenvalue weighted by Crippen LogP contribution is -2.63. The van der Waals surface area contributed by atoms with Gasteiger partial charge in [-0.05, 0) is 24.6 Å². The van der Waals surface area contributed by atoms with E-state index in [9.17, 15) is 9.59 Å². The van der Waals surface area contributed by atoms with Crippen LogP contribution >= 0.6 is 0 Å². The van der Waals surface area contributed by atoms with Crippen LogP contribution in [0.1, 0.15) is 15.9 Å². The van der Waals surface area contributed by atoms with E-state index < -0.39 is 0 Å². The molecule has 22 heavy (non-hydrogen) atoms. The van der Waals surface area contributed by atoms with E-state index in [-0.39, 0.29) is 24.3 Å². The van der Waals surface area contributed by atoms with Gasteiger partial charge in [-0.3, -0.25) is 9.59 Å². The second kappa shape index (κ2) is 6.02. The van der Waals surface area contributed by atoms with Crippen molar-refractivity contribution in [2.75, 3.05) is 18.0 Å². The van der Waals surface area contributed by atoms with Crippen LogP contribution in [0.4, 0.5) is 5.69 Å². The summed E-state index contributed by atoms with van der Waals surface area (Å²) in [6.07, 6.45) is 0. The maximum atomic E-state index is 12.5. The molecule has 1 fully saturated rings. The van der Waals surface area contributed by atoms with Crippen LogP contribution in [0.3, 0.4) is 0 Å². The molecule has 2 aromatic carbocycles.